The van der Waals surface area contributed by atoms with Crippen molar-refractivity contribution >= 4 is 35.0 Å². The summed E-state index contributed by atoms with van der Waals surface area (Å²) in [4.78, 5) is 12.7. The zero-order valence-electron chi connectivity index (χ0n) is 15.8. The second-order valence-corrected chi connectivity index (χ2v) is 7.94. The van der Waals surface area contributed by atoms with Crippen LogP contribution in [0.25, 0.3) is 0 Å². The van der Waals surface area contributed by atoms with Crippen LogP contribution in [0.2, 0.25) is 5.02 Å². The van der Waals surface area contributed by atoms with E-state index in [0.717, 1.165) is 11.4 Å². The minimum atomic E-state index is -0.387. The van der Waals surface area contributed by atoms with E-state index in [4.69, 9.17) is 16.3 Å². The number of rotatable bonds is 7. The molecule has 3 aromatic rings. The van der Waals surface area contributed by atoms with E-state index in [2.05, 4.69) is 27.6 Å². The predicted octanol–water partition coefficient (Wildman–Crippen LogP) is 4.42. The number of hydrogen-bond donors (Lipinski definition) is 1. The first-order chi connectivity index (χ1) is 13.5. The van der Waals surface area contributed by atoms with Crippen molar-refractivity contribution in [3.8, 4) is 5.75 Å². The van der Waals surface area contributed by atoms with Crippen LogP contribution >= 0.6 is 23.4 Å². The van der Waals surface area contributed by atoms with Gasteiger partial charge < -0.3 is 14.6 Å². The zero-order chi connectivity index (χ0) is 20.1. The molecule has 3 rings (SSSR count). The minimum absolute atomic E-state index is 0.169. The number of hydrogen-bond acceptors (Lipinski definition) is 5. The minimum Gasteiger partial charge on any atom is -0.495 e. The smallest absolute Gasteiger partial charge is 0.237 e. The van der Waals surface area contributed by atoms with E-state index >= 15 is 0 Å². The summed E-state index contributed by atoms with van der Waals surface area (Å²) in [7, 11) is 1.55. The fraction of sp³-hybridized carbons (Fsp3) is 0.250. The molecule has 28 heavy (non-hydrogen) atoms. The summed E-state index contributed by atoms with van der Waals surface area (Å²) in [6.45, 7) is 4.38. The van der Waals surface area contributed by atoms with E-state index in [-0.39, 0.29) is 11.2 Å². The molecule has 0 aliphatic heterocycles. The van der Waals surface area contributed by atoms with Crippen LogP contribution in [0.15, 0.2) is 53.7 Å². The highest BCUT2D eigenvalue weighted by Crippen LogP contribution is 2.29. The summed E-state index contributed by atoms with van der Waals surface area (Å²) in [5.74, 6) is 1.19. The standard InChI is InChI=1S/C20H21ClN4O2S/c1-13(19(26)22-17-11-16(21)9-10-18(17)27-3)28-20-24-23-14(2)25(20)12-15-7-5-4-6-8-15/h4-11,13H,12H2,1-3H3,(H,22,26). The van der Waals surface area contributed by atoms with E-state index in [9.17, 15) is 4.79 Å². The van der Waals surface area contributed by atoms with E-state index < -0.39 is 0 Å². The number of nitrogens with one attached hydrogen (secondary N) is 1. The Bertz CT molecular complexity index is 962. The summed E-state index contributed by atoms with van der Waals surface area (Å²) in [6, 6.07) is 15.2. The van der Waals surface area contributed by atoms with Crippen molar-refractivity contribution in [2.75, 3.05) is 12.4 Å². The number of benzene rings is 2. The molecule has 0 radical (unpaired) electrons. The van der Waals surface area contributed by atoms with Crippen molar-refractivity contribution in [1.82, 2.24) is 14.8 Å². The Morgan fingerprint density at radius 1 is 1.25 bits per heavy atom. The van der Waals surface area contributed by atoms with Gasteiger partial charge in [0.05, 0.1) is 24.6 Å². The van der Waals surface area contributed by atoms with Crippen molar-refractivity contribution in [3.63, 3.8) is 0 Å². The van der Waals surface area contributed by atoms with Gasteiger partial charge in [-0.05, 0) is 37.6 Å². The van der Waals surface area contributed by atoms with Gasteiger partial charge in [0.1, 0.15) is 11.6 Å². The Kier molecular flexibility index (Phi) is 6.59. The Morgan fingerprint density at radius 2 is 2.00 bits per heavy atom. The van der Waals surface area contributed by atoms with Gasteiger partial charge >= 0.3 is 0 Å². The number of anilines is 1. The molecule has 2 aromatic carbocycles. The maximum absolute atomic E-state index is 12.7. The molecular weight excluding hydrogens is 396 g/mol. The van der Waals surface area contributed by atoms with Crippen molar-refractivity contribution < 1.29 is 9.53 Å². The molecule has 8 heteroatoms. The normalized spacial score (nSPS) is 11.9. The van der Waals surface area contributed by atoms with Crippen LogP contribution in [-0.4, -0.2) is 33.0 Å². The molecule has 1 atom stereocenters. The van der Waals surface area contributed by atoms with Gasteiger partial charge in [0.25, 0.3) is 0 Å². The molecule has 0 bridgehead atoms. The van der Waals surface area contributed by atoms with Crippen molar-refractivity contribution in [3.05, 3.63) is 64.9 Å². The number of amides is 1. The maximum Gasteiger partial charge on any atom is 0.237 e. The van der Waals surface area contributed by atoms with Crippen LogP contribution in [0.5, 0.6) is 5.75 Å². The van der Waals surface area contributed by atoms with E-state index in [0.29, 0.717) is 28.2 Å². The lowest BCUT2D eigenvalue weighted by molar-refractivity contribution is -0.115. The first-order valence-electron chi connectivity index (χ1n) is 8.72. The third kappa shape index (κ3) is 4.85. The molecule has 6 nitrogen and oxygen atoms in total. The third-order valence-corrected chi connectivity index (χ3v) is 5.47. The lowest BCUT2D eigenvalue weighted by Gasteiger charge is -2.15. The lowest BCUT2D eigenvalue weighted by atomic mass is 10.2. The topological polar surface area (TPSA) is 69.0 Å². The number of carbonyl (C=O) groups excluding carboxylic acids is 1. The van der Waals surface area contributed by atoms with Crippen LogP contribution in [0.1, 0.15) is 18.3 Å². The molecule has 0 saturated carbocycles. The number of aromatic nitrogens is 3. The van der Waals surface area contributed by atoms with Crippen LogP contribution in [0.3, 0.4) is 0 Å². The molecule has 0 fully saturated rings. The van der Waals surface area contributed by atoms with Gasteiger partial charge in [0, 0.05) is 5.02 Å². The van der Waals surface area contributed by atoms with Gasteiger partial charge in [-0.15, -0.1) is 10.2 Å². The highest BCUT2D eigenvalue weighted by atomic mass is 35.5. The Labute approximate surface area is 173 Å². The van der Waals surface area contributed by atoms with Crippen molar-refractivity contribution in [2.24, 2.45) is 0 Å². The van der Waals surface area contributed by atoms with Crippen LogP contribution in [-0.2, 0) is 11.3 Å². The molecule has 1 unspecified atom stereocenters. The third-order valence-electron chi connectivity index (χ3n) is 4.16. The average molecular weight is 417 g/mol. The average Bonchev–Trinajstić information content (AvgIpc) is 3.02. The first-order valence-corrected chi connectivity index (χ1v) is 9.98. The summed E-state index contributed by atoms with van der Waals surface area (Å²) < 4.78 is 7.29. The molecule has 0 spiro atoms. The molecule has 1 amide bonds. The maximum atomic E-state index is 12.7. The number of aryl methyl sites for hydroxylation is 1. The van der Waals surface area contributed by atoms with Gasteiger partial charge in [-0.2, -0.15) is 0 Å². The Balaban J connectivity index is 1.72. The second kappa shape index (κ2) is 9.12. The number of halogens is 1. The Morgan fingerprint density at radius 3 is 2.71 bits per heavy atom. The molecule has 0 saturated heterocycles. The summed E-state index contributed by atoms with van der Waals surface area (Å²) in [6.07, 6.45) is 0. The lowest BCUT2D eigenvalue weighted by Crippen LogP contribution is -2.23. The fourth-order valence-electron chi connectivity index (χ4n) is 2.62. The fourth-order valence-corrected chi connectivity index (χ4v) is 3.69. The van der Waals surface area contributed by atoms with E-state index in [1.54, 1.807) is 25.3 Å². The molecule has 1 aromatic heterocycles. The zero-order valence-corrected chi connectivity index (χ0v) is 17.4. The van der Waals surface area contributed by atoms with Crippen LogP contribution < -0.4 is 10.1 Å². The predicted molar refractivity (Wildman–Crippen MR) is 112 cm³/mol. The monoisotopic (exact) mass is 416 g/mol. The number of methoxy groups -OCH3 is 1. The quantitative estimate of drug-likeness (QED) is 0.577. The number of ether oxygens (including phenoxy) is 1. The SMILES string of the molecule is COc1ccc(Cl)cc1NC(=O)C(C)Sc1nnc(C)n1Cc1ccccc1. The molecule has 146 valence electrons. The van der Waals surface area contributed by atoms with Gasteiger partial charge in [-0.25, -0.2) is 0 Å². The van der Waals surface area contributed by atoms with E-state index in [1.165, 1.54) is 11.8 Å². The first kappa shape index (κ1) is 20.2. The molecule has 0 aliphatic carbocycles. The molecule has 0 aliphatic rings. The van der Waals surface area contributed by atoms with Crippen molar-refractivity contribution in [1.29, 1.82) is 0 Å². The molecular formula is C20H21ClN4O2S. The van der Waals surface area contributed by atoms with Crippen molar-refractivity contribution in [2.45, 2.75) is 30.8 Å². The molecule has 1 N–H and O–H groups in total. The van der Waals surface area contributed by atoms with Gasteiger partial charge in [0.2, 0.25) is 5.91 Å². The van der Waals surface area contributed by atoms with Gasteiger partial charge in [-0.1, -0.05) is 53.7 Å². The van der Waals surface area contributed by atoms with Crippen LogP contribution in [0, 0.1) is 6.92 Å². The molecule has 1 heterocycles. The second-order valence-electron chi connectivity index (χ2n) is 6.20. The summed E-state index contributed by atoms with van der Waals surface area (Å²) in [5, 5.41) is 12.1. The number of carbonyl (C=O) groups is 1. The summed E-state index contributed by atoms with van der Waals surface area (Å²) in [5.41, 5.74) is 1.68. The van der Waals surface area contributed by atoms with Gasteiger partial charge in [0.15, 0.2) is 5.16 Å². The highest BCUT2D eigenvalue weighted by Gasteiger charge is 2.20. The number of nitrogens with zero attached hydrogens (tertiary/aromatic N) is 3. The van der Waals surface area contributed by atoms with Gasteiger partial charge in [-0.3, -0.25) is 4.79 Å². The largest absolute Gasteiger partial charge is 0.495 e. The number of thioether (sulfide) groups is 1. The Hall–Kier alpha value is -2.51. The summed E-state index contributed by atoms with van der Waals surface area (Å²) >= 11 is 7.39. The highest BCUT2D eigenvalue weighted by molar-refractivity contribution is 8.00. The van der Waals surface area contributed by atoms with E-state index in [1.807, 2.05) is 36.6 Å². The van der Waals surface area contributed by atoms with Crippen LogP contribution in [0.4, 0.5) is 5.69 Å².